The van der Waals surface area contributed by atoms with Crippen LogP contribution in [0.2, 0.25) is 0 Å². The molecule has 9 nitrogen and oxygen atoms in total. The molecule has 2 aromatic carbocycles. The van der Waals surface area contributed by atoms with Gasteiger partial charge >= 0.3 is 0 Å². The van der Waals surface area contributed by atoms with Crippen LogP contribution in [0.1, 0.15) is 12.0 Å². The van der Waals surface area contributed by atoms with E-state index in [4.69, 9.17) is 9.47 Å². The number of carbonyl (C=O) groups is 1. The number of sulfonamides is 1. The fourth-order valence-corrected chi connectivity index (χ4v) is 7.06. The van der Waals surface area contributed by atoms with E-state index in [0.29, 0.717) is 36.8 Å². The van der Waals surface area contributed by atoms with Crippen molar-refractivity contribution in [3.8, 4) is 11.5 Å². The van der Waals surface area contributed by atoms with Crippen LogP contribution in [-0.4, -0.2) is 72.0 Å². The summed E-state index contributed by atoms with van der Waals surface area (Å²) in [5.41, 5.74) is 1.27. The number of likely N-dealkylation sites (N-methyl/N-ethyl adjacent to an activating group) is 1. The fourth-order valence-electron chi connectivity index (χ4n) is 3.86. The maximum atomic E-state index is 13.6. The van der Waals surface area contributed by atoms with E-state index in [1.54, 1.807) is 24.3 Å². The number of ether oxygens (including phenoxy) is 2. The van der Waals surface area contributed by atoms with Crippen molar-refractivity contribution in [1.82, 2.24) is 4.90 Å². The lowest BCUT2D eigenvalue weighted by Gasteiger charge is -2.29. The van der Waals surface area contributed by atoms with Crippen molar-refractivity contribution in [3.05, 3.63) is 48.0 Å². The number of amides is 1. The number of hydrogen-bond acceptors (Lipinski definition) is 7. The second-order valence-corrected chi connectivity index (χ2v) is 12.3. The van der Waals surface area contributed by atoms with Crippen LogP contribution in [0.3, 0.4) is 0 Å². The van der Waals surface area contributed by atoms with Gasteiger partial charge in [-0.1, -0.05) is 17.7 Å². The summed E-state index contributed by atoms with van der Waals surface area (Å²) in [6.45, 7) is 2.11. The van der Waals surface area contributed by atoms with Crippen LogP contribution in [0.5, 0.6) is 11.5 Å². The first-order valence-electron chi connectivity index (χ1n) is 10.5. The molecule has 0 bridgehead atoms. The molecule has 2 aromatic rings. The second kappa shape index (κ2) is 8.86. The molecule has 2 aliphatic heterocycles. The predicted octanol–water partition coefficient (Wildman–Crippen LogP) is 1.61. The minimum atomic E-state index is -4.14. The number of hydrogen-bond donors (Lipinski definition) is 0. The van der Waals surface area contributed by atoms with Gasteiger partial charge in [-0.25, -0.2) is 16.8 Å². The Labute approximate surface area is 193 Å². The molecule has 0 spiro atoms. The minimum absolute atomic E-state index is 0.0203. The molecule has 1 atom stereocenters. The van der Waals surface area contributed by atoms with Crippen molar-refractivity contribution in [3.63, 3.8) is 0 Å². The number of sulfone groups is 1. The summed E-state index contributed by atoms with van der Waals surface area (Å²) < 4.78 is 63.0. The SMILES string of the molecule is Cc1ccc(N(CC(=O)N(C)[C@H]2CCS(=O)(=O)C2)S(=O)(=O)c2ccc3c(c2)OCCO3)cc1. The summed E-state index contributed by atoms with van der Waals surface area (Å²) in [5, 5.41) is 0. The average molecular weight is 495 g/mol. The van der Waals surface area contributed by atoms with Crippen molar-refractivity contribution < 1.29 is 31.1 Å². The van der Waals surface area contributed by atoms with Crippen LogP contribution in [0.15, 0.2) is 47.4 Å². The van der Waals surface area contributed by atoms with Gasteiger partial charge in [-0.3, -0.25) is 9.10 Å². The first-order valence-corrected chi connectivity index (χ1v) is 13.8. The van der Waals surface area contributed by atoms with E-state index in [9.17, 15) is 21.6 Å². The first-order chi connectivity index (χ1) is 15.6. The second-order valence-electron chi connectivity index (χ2n) is 8.21. The Kier molecular flexibility index (Phi) is 6.28. The summed E-state index contributed by atoms with van der Waals surface area (Å²) in [6, 6.07) is 10.7. The predicted molar refractivity (Wildman–Crippen MR) is 123 cm³/mol. The highest BCUT2D eigenvalue weighted by Crippen LogP contribution is 2.34. The highest BCUT2D eigenvalue weighted by molar-refractivity contribution is 7.93. The topological polar surface area (TPSA) is 110 Å². The quantitative estimate of drug-likeness (QED) is 0.600. The lowest BCUT2D eigenvalue weighted by molar-refractivity contribution is -0.129. The van der Waals surface area contributed by atoms with Gasteiger partial charge in [-0.05, 0) is 37.6 Å². The number of carbonyl (C=O) groups excluding carboxylic acids is 1. The van der Waals surface area contributed by atoms with E-state index < -0.39 is 38.4 Å². The fraction of sp³-hybridized carbons (Fsp3) is 0.409. The van der Waals surface area contributed by atoms with Crippen LogP contribution in [-0.2, 0) is 24.7 Å². The normalized spacial score (nSPS) is 19.2. The van der Waals surface area contributed by atoms with Crippen molar-refractivity contribution in [2.75, 3.05) is 42.6 Å². The summed E-state index contributed by atoms with van der Waals surface area (Å²) in [5.74, 6) is 0.200. The van der Waals surface area contributed by atoms with Gasteiger partial charge in [0.25, 0.3) is 10.0 Å². The summed E-state index contributed by atoms with van der Waals surface area (Å²) >= 11 is 0. The summed E-state index contributed by atoms with van der Waals surface area (Å²) in [4.78, 5) is 14.4. The smallest absolute Gasteiger partial charge is 0.264 e. The van der Waals surface area contributed by atoms with E-state index in [2.05, 4.69) is 0 Å². The molecule has 0 unspecified atom stereocenters. The van der Waals surface area contributed by atoms with Gasteiger partial charge in [-0.15, -0.1) is 0 Å². The zero-order valence-corrected chi connectivity index (χ0v) is 20.1. The monoisotopic (exact) mass is 494 g/mol. The van der Waals surface area contributed by atoms with Crippen LogP contribution in [0, 0.1) is 6.92 Å². The summed E-state index contributed by atoms with van der Waals surface area (Å²) in [6.07, 6.45) is 0.337. The molecule has 2 aliphatic rings. The number of rotatable bonds is 6. The van der Waals surface area contributed by atoms with Gasteiger partial charge in [0.05, 0.1) is 22.1 Å². The number of aryl methyl sites for hydroxylation is 1. The molecule has 1 saturated heterocycles. The minimum Gasteiger partial charge on any atom is -0.486 e. The highest BCUT2D eigenvalue weighted by atomic mass is 32.2. The van der Waals surface area contributed by atoms with Gasteiger partial charge in [0.1, 0.15) is 19.8 Å². The molecule has 11 heteroatoms. The van der Waals surface area contributed by atoms with E-state index in [-0.39, 0.29) is 16.4 Å². The van der Waals surface area contributed by atoms with Gasteiger partial charge in [-0.2, -0.15) is 0 Å². The Balaban J connectivity index is 1.66. The number of fused-ring (bicyclic) bond motifs is 1. The molecule has 0 N–H and O–H groups in total. The zero-order valence-electron chi connectivity index (χ0n) is 18.4. The van der Waals surface area contributed by atoms with Crippen LogP contribution < -0.4 is 13.8 Å². The average Bonchev–Trinajstić information content (AvgIpc) is 3.16. The Morgan fingerprint density at radius 2 is 1.73 bits per heavy atom. The zero-order chi connectivity index (χ0) is 23.8. The molecular formula is C22H26N2O7S2. The molecule has 2 heterocycles. The van der Waals surface area contributed by atoms with Crippen LogP contribution in [0.4, 0.5) is 5.69 Å². The third kappa shape index (κ3) is 4.93. The Bertz CT molecular complexity index is 1260. The number of anilines is 1. The van der Waals surface area contributed by atoms with Gasteiger partial charge in [0.2, 0.25) is 5.91 Å². The molecule has 4 rings (SSSR count). The van der Waals surface area contributed by atoms with Crippen molar-refractivity contribution in [1.29, 1.82) is 0 Å². The molecule has 1 amide bonds. The van der Waals surface area contributed by atoms with Gasteiger partial charge < -0.3 is 14.4 Å². The van der Waals surface area contributed by atoms with E-state index in [1.807, 2.05) is 6.92 Å². The van der Waals surface area contributed by atoms with Crippen molar-refractivity contribution in [2.45, 2.75) is 24.3 Å². The van der Waals surface area contributed by atoms with Crippen molar-refractivity contribution >= 4 is 31.5 Å². The van der Waals surface area contributed by atoms with E-state index in [0.717, 1.165) is 9.87 Å². The third-order valence-corrected chi connectivity index (χ3v) is 9.37. The molecule has 178 valence electrons. The molecular weight excluding hydrogens is 468 g/mol. The third-order valence-electron chi connectivity index (χ3n) is 5.85. The molecule has 0 saturated carbocycles. The van der Waals surface area contributed by atoms with Crippen molar-refractivity contribution in [2.24, 2.45) is 0 Å². The molecule has 1 fully saturated rings. The molecule has 0 aromatic heterocycles. The van der Waals surface area contributed by atoms with E-state index in [1.165, 1.54) is 30.1 Å². The number of benzene rings is 2. The Hall–Kier alpha value is -2.79. The number of nitrogens with zero attached hydrogens (tertiary/aromatic N) is 2. The Morgan fingerprint density at radius 1 is 1.06 bits per heavy atom. The highest BCUT2D eigenvalue weighted by Gasteiger charge is 2.35. The van der Waals surface area contributed by atoms with E-state index >= 15 is 0 Å². The van der Waals surface area contributed by atoms with Gasteiger partial charge in [0, 0.05) is 19.2 Å². The standard InChI is InChI=1S/C22H26N2O7S2/c1-16-3-5-17(6-4-16)24(14-22(25)23(2)18-9-12-32(26,27)15-18)33(28,29)19-7-8-20-21(13-19)31-11-10-30-20/h3-8,13,18H,9-12,14-15H2,1-2H3/t18-/m0/s1. The van der Waals surface area contributed by atoms with Crippen LogP contribution >= 0.6 is 0 Å². The lowest BCUT2D eigenvalue weighted by Crippen LogP contribution is -2.45. The lowest BCUT2D eigenvalue weighted by atomic mass is 10.2. The van der Waals surface area contributed by atoms with Gasteiger partial charge in [0.15, 0.2) is 21.3 Å². The molecule has 0 aliphatic carbocycles. The molecule has 0 radical (unpaired) electrons. The summed E-state index contributed by atoms with van der Waals surface area (Å²) in [7, 11) is -5.82. The first kappa shape index (κ1) is 23.4. The largest absolute Gasteiger partial charge is 0.486 e. The Morgan fingerprint density at radius 3 is 2.36 bits per heavy atom. The van der Waals surface area contributed by atoms with Crippen LogP contribution in [0.25, 0.3) is 0 Å². The molecule has 33 heavy (non-hydrogen) atoms. The maximum absolute atomic E-state index is 13.6. The maximum Gasteiger partial charge on any atom is 0.264 e.